The standard InChI is InChI=1S/C31H27F3O4/c1-3-5-18-37-23-12-10-21(11-13-23)26-16-17-28(30(34)29(26)33)38-31(35)22-8-6-20(7-9-22)25-15-14-24(36-4-2)19-27(25)32/h6-17,19H,3-5,18H2,1-2H3. The molecule has 0 aromatic heterocycles. The number of esters is 1. The number of benzene rings is 4. The summed E-state index contributed by atoms with van der Waals surface area (Å²) in [7, 11) is 0. The Morgan fingerprint density at radius 1 is 0.711 bits per heavy atom. The molecule has 38 heavy (non-hydrogen) atoms. The normalized spacial score (nSPS) is 10.8. The van der Waals surface area contributed by atoms with Crippen molar-refractivity contribution in [2.75, 3.05) is 13.2 Å². The Morgan fingerprint density at radius 3 is 2.00 bits per heavy atom. The molecule has 0 radical (unpaired) electrons. The van der Waals surface area contributed by atoms with Gasteiger partial charge in [0.05, 0.1) is 18.8 Å². The van der Waals surface area contributed by atoms with E-state index in [0.717, 1.165) is 12.8 Å². The smallest absolute Gasteiger partial charge is 0.343 e. The summed E-state index contributed by atoms with van der Waals surface area (Å²) < 4.78 is 60.1. The van der Waals surface area contributed by atoms with E-state index in [1.165, 1.54) is 30.3 Å². The van der Waals surface area contributed by atoms with Gasteiger partial charge in [-0.05, 0) is 73.0 Å². The quantitative estimate of drug-likeness (QED) is 0.120. The van der Waals surface area contributed by atoms with E-state index < -0.39 is 29.2 Å². The van der Waals surface area contributed by atoms with Gasteiger partial charge in [0.25, 0.3) is 0 Å². The summed E-state index contributed by atoms with van der Waals surface area (Å²) in [5, 5.41) is 0. The van der Waals surface area contributed by atoms with Gasteiger partial charge >= 0.3 is 5.97 Å². The van der Waals surface area contributed by atoms with E-state index in [-0.39, 0.29) is 11.1 Å². The molecule has 0 saturated heterocycles. The van der Waals surface area contributed by atoms with E-state index in [1.807, 2.05) is 6.92 Å². The Morgan fingerprint density at radius 2 is 1.34 bits per heavy atom. The Kier molecular flexibility index (Phi) is 8.69. The topological polar surface area (TPSA) is 44.8 Å². The van der Waals surface area contributed by atoms with Gasteiger partial charge in [-0.25, -0.2) is 13.6 Å². The molecule has 4 aromatic carbocycles. The highest BCUT2D eigenvalue weighted by Crippen LogP contribution is 2.32. The van der Waals surface area contributed by atoms with Crippen LogP contribution in [0.15, 0.2) is 78.9 Å². The lowest BCUT2D eigenvalue weighted by molar-refractivity contribution is 0.0726. The van der Waals surface area contributed by atoms with E-state index in [0.29, 0.717) is 41.4 Å². The molecule has 196 valence electrons. The average molecular weight is 521 g/mol. The maximum Gasteiger partial charge on any atom is 0.343 e. The van der Waals surface area contributed by atoms with Crippen LogP contribution in [-0.4, -0.2) is 19.2 Å². The van der Waals surface area contributed by atoms with Gasteiger partial charge in [-0.15, -0.1) is 0 Å². The molecule has 0 aliphatic rings. The minimum Gasteiger partial charge on any atom is -0.494 e. The van der Waals surface area contributed by atoms with E-state index >= 15 is 0 Å². The number of carbonyl (C=O) groups is 1. The average Bonchev–Trinajstić information content (AvgIpc) is 2.92. The van der Waals surface area contributed by atoms with Crippen molar-refractivity contribution in [1.82, 2.24) is 0 Å². The lowest BCUT2D eigenvalue weighted by Gasteiger charge is -2.11. The van der Waals surface area contributed by atoms with Crippen LogP contribution < -0.4 is 14.2 Å². The Labute approximate surface area is 219 Å². The fourth-order valence-electron chi connectivity index (χ4n) is 3.83. The highest BCUT2D eigenvalue weighted by molar-refractivity contribution is 5.91. The number of hydrogen-bond donors (Lipinski definition) is 0. The summed E-state index contributed by atoms with van der Waals surface area (Å²) in [4.78, 5) is 12.6. The molecule has 0 spiro atoms. The van der Waals surface area contributed by atoms with Gasteiger partial charge in [0, 0.05) is 17.2 Å². The van der Waals surface area contributed by atoms with Crippen molar-refractivity contribution in [3.63, 3.8) is 0 Å². The van der Waals surface area contributed by atoms with Gasteiger partial charge in [0.1, 0.15) is 17.3 Å². The first-order chi connectivity index (χ1) is 18.4. The number of unbranched alkanes of at least 4 members (excludes halogenated alkanes) is 1. The molecular weight excluding hydrogens is 493 g/mol. The summed E-state index contributed by atoms with van der Waals surface area (Å²) >= 11 is 0. The van der Waals surface area contributed by atoms with Crippen LogP contribution in [-0.2, 0) is 0 Å². The van der Waals surface area contributed by atoms with Crippen LogP contribution in [0.1, 0.15) is 37.0 Å². The maximum atomic E-state index is 14.9. The van der Waals surface area contributed by atoms with E-state index in [1.54, 1.807) is 48.5 Å². The third-order valence-corrected chi connectivity index (χ3v) is 5.86. The largest absolute Gasteiger partial charge is 0.494 e. The Hall–Kier alpha value is -4.26. The first-order valence-electron chi connectivity index (χ1n) is 12.4. The van der Waals surface area contributed by atoms with Crippen molar-refractivity contribution in [3.05, 3.63) is 102 Å². The molecule has 4 rings (SSSR count). The lowest BCUT2D eigenvalue weighted by atomic mass is 10.0. The SMILES string of the molecule is CCCCOc1ccc(-c2ccc(OC(=O)c3ccc(-c4ccc(OCC)cc4F)cc3)c(F)c2F)cc1. The van der Waals surface area contributed by atoms with Crippen LogP contribution in [0, 0.1) is 17.5 Å². The fourth-order valence-corrected chi connectivity index (χ4v) is 3.83. The van der Waals surface area contributed by atoms with Crippen LogP contribution in [0.25, 0.3) is 22.3 Å². The first kappa shape index (κ1) is 26.8. The van der Waals surface area contributed by atoms with Crippen LogP contribution in [0.4, 0.5) is 13.2 Å². The first-order valence-corrected chi connectivity index (χ1v) is 12.4. The van der Waals surface area contributed by atoms with Crippen LogP contribution in [0.3, 0.4) is 0 Å². The molecule has 0 atom stereocenters. The maximum absolute atomic E-state index is 14.9. The molecule has 0 heterocycles. The molecule has 0 amide bonds. The zero-order valence-corrected chi connectivity index (χ0v) is 21.1. The molecule has 7 heteroatoms. The molecule has 0 unspecified atom stereocenters. The van der Waals surface area contributed by atoms with Crippen LogP contribution in [0.5, 0.6) is 17.2 Å². The van der Waals surface area contributed by atoms with Gasteiger partial charge in [-0.2, -0.15) is 4.39 Å². The van der Waals surface area contributed by atoms with Crippen molar-refractivity contribution < 1.29 is 32.2 Å². The number of carbonyl (C=O) groups excluding carboxylic acids is 1. The zero-order valence-electron chi connectivity index (χ0n) is 21.1. The van der Waals surface area contributed by atoms with Gasteiger partial charge in [0.2, 0.25) is 5.82 Å². The molecule has 4 nitrogen and oxygen atoms in total. The Balaban J connectivity index is 1.46. The summed E-state index contributed by atoms with van der Waals surface area (Å²) in [5.74, 6) is -3.21. The molecule has 0 saturated carbocycles. The highest BCUT2D eigenvalue weighted by atomic mass is 19.2. The molecule has 4 aromatic rings. The van der Waals surface area contributed by atoms with Crippen LogP contribution >= 0.6 is 0 Å². The third-order valence-electron chi connectivity index (χ3n) is 5.86. The summed E-state index contributed by atoms with van der Waals surface area (Å²) in [6.07, 6.45) is 1.93. The molecule has 0 aliphatic carbocycles. The van der Waals surface area contributed by atoms with Gasteiger partial charge in [0.15, 0.2) is 11.6 Å². The van der Waals surface area contributed by atoms with E-state index in [4.69, 9.17) is 14.2 Å². The minimum absolute atomic E-state index is 0.0316. The Bertz CT molecular complexity index is 1400. The number of hydrogen-bond acceptors (Lipinski definition) is 4. The monoisotopic (exact) mass is 520 g/mol. The lowest BCUT2D eigenvalue weighted by Crippen LogP contribution is -2.10. The van der Waals surface area contributed by atoms with Crippen LogP contribution in [0.2, 0.25) is 0 Å². The molecule has 0 aliphatic heterocycles. The van der Waals surface area contributed by atoms with Crippen molar-refractivity contribution in [2.24, 2.45) is 0 Å². The summed E-state index contributed by atoms with van der Waals surface area (Å²) in [5.41, 5.74) is 1.45. The summed E-state index contributed by atoms with van der Waals surface area (Å²) in [6, 6.07) is 19.7. The zero-order chi connectivity index (χ0) is 27.1. The van der Waals surface area contributed by atoms with Crippen molar-refractivity contribution >= 4 is 5.97 Å². The molecule has 0 bridgehead atoms. The van der Waals surface area contributed by atoms with E-state index in [2.05, 4.69) is 6.92 Å². The van der Waals surface area contributed by atoms with Crippen molar-refractivity contribution in [2.45, 2.75) is 26.7 Å². The van der Waals surface area contributed by atoms with E-state index in [9.17, 15) is 18.0 Å². The number of rotatable bonds is 10. The van der Waals surface area contributed by atoms with Crippen molar-refractivity contribution in [1.29, 1.82) is 0 Å². The second-order valence-electron chi connectivity index (χ2n) is 8.51. The molecule has 0 N–H and O–H groups in total. The van der Waals surface area contributed by atoms with Gasteiger partial charge < -0.3 is 14.2 Å². The highest BCUT2D eigenvalue weighted by Gasteiger charge is 2.19. The minimum atomic E-state index is -1.27. The second-order valence-corrected chi connectivity index (χ2v) is 8.51. The predicted molar refractivity (Wildman–Crippen MR) is 140 cm³/mol. The summed E-state index contributed by atoms with van der Waals surface area (Å²) in [6.45, 7) is 4.87. The van der Waals surface area contributed by atoms with Gasteiger partial charge in [-0.1, -0.05) is 37.6 Å². The van der Waals surface area contributed by atoms with Gasteiger partial charge in [-0.3, -0.25) is 0 Å². The number of halogens is 3. The number of ether oxygens (including phenoxy) is 3. The third kappa shape index (κ3) is 6.17. The fraction of sp³-hybridized carbons (Fsp3) is 0.194. The van der Waals surface area contributed by atoms with Crippen molar-refractivity contribution in [3.8, 4) is 39.5 Å². The molecular formula is C31H27F3O4. The predicted octanol–water partition coefficient (Wildman–Crippen LogP) is 8.23. The second kappa shape index (κ2) is 12.3. The molecule has 0 fully saturated rings.